The van der Waals surface area contributed by atoms with Crippen molar-refractivity contribution in [2.24, 2.45) is 5.73 Å². The summed E-state index contributed by atoms with van der Waals surface area (Å²) in [6, 6.07) is 3.55. The molecule has 1 heterocycles. The van der Waals surface area contributed by atoms with Gasteiger partial charge in [0.05, 0.1) is 10.7 Å². The van der Waals surface area contributed by atoms with Gasteiger partial charge in [0, 0.05) is 23.9 Å². The fourth-order valence-corrected chi connectivity index (χ4v) is 3.02. The lowest BCUT2D eigenvalue weighted by atomic mass is 10.1. The normalized spacial score (nSPS) is 10.9. The Hall–Kier alpha value is -1.33. The van der Waals surface area contributed by atoms with Gasteiger partial charge in [-0.1, -0.05) is 13.3 Å². The summed E-state index contributed by atoms with van der Waals surface area (Å²) in [5.41, 5.74) is 7.30. The zero-order valence-corrected chi connectivity index (χ0v) is 11.6. The number of nitrogens with two attached hydrogens (primary N) is 1. The van der Waals surface area contributed by atoms with Crippen LogP contribution in [0.25, 0.3) is 0 Å². The second kappa shape index (κ2) is 6.21. The smallest absolute Gasteiger partial charge is 0.126 e. The molecular weight excluding hydrogens is 266 g/mol. The van der Waals surface area contributed by atoms with Gasteiger partial charge in [-0.05, 0) is 24.1 Å². The minimum atomic E-state index is -0.556. The number of halogens is 2. The van der Waals surface area contributed by atoms with Gasteiger partial charge in [0.1, 0.15) is 11.6 Å². The van der Waals surface area contributed by atoms with Crippen molar-refractivity contribution in [1.82, 2.24) is 4.98 Å². The predicted octanol–water partition coefficient (Wildman–Crippen LogP) is 3.42. The van der Waals surface area contributed by atoms with Crippen LogP contribution in [0.4, 0.5) is 8.78 Å². The molecule has 0 aliphatic carbocycles. The second-order valence-corrected chi connectivity index (χ2v) is 5.55. The van der Waals surface area contributed by atoms with Gasteiger partial charge in [0.15, 0.2) is 0 Å². The van der Waals surface area contributed by atoms with E-state index < -0.39 is 11.6 Å². The molecule has 0 aliphatic heterocycles. The standard InChI is InChI=1S/C14H16F2N2S/c1-2-3-12-13(8-17)19-14(18-12)6-9-4-10(15)7-11(16)5-9/h4-5,7H,2-3,6,8,17H2,1H3. The van der Waals surface area contributed by atoms with Gasteiger partial charge in [-0.3, -0.25) is 0 Å². The van der Waals surface area contributed by atoms with Crippen molar-refractivity contribution in [2.45, 2.75) is 32.7 Å². The molecule has 0 spiro atoms. The number of benzene rings is 1. The SMILES string of the molecule is CCCc1nc(Cc2cc(F)cc(F)c2)sc1CN. The fourth-order valence-electron chi connectivity index (χ4n) is 1.99. The predicted molar refractivity (Wildman–Crippen MR) is 73.2 cm³/mol. The van der Waals surface area contributed by atoms with Crippen LogP contribution in [-0.2, 0) is 19.4 Å². The van der Waals surface area contributed by atoms with Crippen molar-refractivity contribution >= 4 is 11.3 Å². The van der Waals surface area contributed by atoms with E-state index >= 15 is 0 Å². The largest absolute Gasteiger partial charge is 0.326 e. The Morgan fingerprint density at radius 1 is 1.21 bits per heavy atom. The summed E-state index contributed by atoms with van der Waals surface area (Å²) in [7, 11) is 0. The third kappa shape index (κ3) is 3.58. The topological polar surface area (TPSA) is 38.9 Å². The van der Waals surface area contributed by atoms with Gasteiger partial charge in [-0.2, -0.15) is 0 Å². The van der Waals surface area contributed by atoms with E-state index in [1.165, 1.54) is 23.5 Å². The average molecular weight is 282 g/mol. The fraction of sp³-hybridized carbons (Fsp3) is 0.357. The summed E-state index contributed by atoms with van der Waals surface area (Å²) in [6.07, 6.45) is 2.33. The number of thiazole rings is 1. The van der Waals surface area contributed by atoms with Gasteiger partial charge in [0.2, 0.25) is 0 Å². The molecule has 2 nitrogen and oxygen atoms in total. The van der Waals surface area contributed by atoms with Crippen molar-refractivity contribution in [3.05, 3.63) is 51.0 Å². The first kappa shape index (κ1) is 14.1. The Bertz CT molecular complexity index is 546. The Kier molecular flexibility index (Phi) is 4.61. The average Bonchev–Trinajstić information content (AvgIpc) is 2.70. The molecular formula is C14H16F2N2S. The summed E-state index contributed by atoms with van der Waals surface area (Å²) < 4.78 is 26.3. The van der Waals surface area contributed by atoms with E-state index in [0.29, 0.717) is 18.5 Å². The van der Waals surface area contributed by atoms with Gasteiger partial charge in [-0.15, -0.1) is 11.3 Å². The van der Waals surface area contributed by atoms with Crippen molar-refractivity contribution in [2.75, 3.05) is 0 Å². The first-order chi connectivity index (χ1) is 9.12. The molecule has 0 atom stereocenters. The molecule has 2 N–H and O–H groups in total. The Morgan fingerprint density at radius 3 is 2.47 bits per heavy atom. The van der Waals surface area contributed by atoms with Gasteiger partial charge in [-0.25, -0.2) is 13.8 Å². The maximum Gasteiger partial charge on any atom is 0.126 e. The van der Waals surface area contributed by atoms with E-state index in [0.717, 1.165) is 34.5 Å². The van der Waals surface area contributed by atoms with Crippen LogP contribution in [0.3, 0.4) is 0 Å². The Morgan fingerprint density at radius 2 is 1.89 bits per heavy atom. The van der Waals surface area contributed by atoms with Gasteiger partial charge >= 0.3 is 0 Å². The molecule has 5 heteroatoms. The van der Waals surface area contributed by atoms with Crippen LogP contribution >= 0.6 is 11.3 Å². The molecule has 0 bridgehead atoms. The first-order valence-electron chi connectivity index (χ1n) is 6.25. The molecule has 1 aromatic carbocycles. The second-order valence-electron chi connectivity index (χ2n) is 4.39. The van der Waals surface area contributed by atoms with E-state index in [1.54, 1.807) is 0 Å². The number of nitrogens with zero attached hydrogens (tertiary/aromatic N) is 1. The highest BCUT2D eigenvalue weighted by atomic mass is 32.1. The lowest BCUT2D eigenvalue weighted by Gasteiger charge is -1.99. The maximum atomic E-state index is 13.1. The molecule has 2 aromatic rings. The van der Waals surface area contributed by atoms with Crippen molar-refractivity contribution < 1.29 is 8.78 Å². The molecule has 0 radical (unpaired) electrons. The molecule has 1 aromatic heterocycles. The number of hydrogen-bond donors (Lipinski definition) is 1. The third-order valence-corrected chi connectivity index (χ3v) is 3.89. The number of aryl methyl sites for hydroxylation is 1. The monoisotopic (exact) mass is 282 g/mol. The summed E-state index contributed by atoms with van der Waals surface area (Å²) >= 11 is 1.52. The zero-order chi connectivity index (χ0) is 13.8. The molecule has 0 saturated carbocycles. The summed E-state index contributed by atoms with van der Waals surface area (Å²) in [5.74, 6) is -1.11. The van der Waals surface area contributed by atoms with E-state index in [1.807, 2.05) is 0 Å². The quantitative estimate of drug-likeness (QED) is 0.912. The molecule has 19 heavy (non-hydrogen) atoms. The minimum Gasteiger partial charge on any atom is -0.326 e. The molecule has 102 valence electrons. The van der Waals surface area contributed by atoms with E-state index in [4.69, 9.17) is 5.73 Å². The van der Waals surface area contributed by atoms with Crippen molar-refractivity contribution in [3.63, 3.8) is 0 Å². The van der Waals surface area contributed by atoms with Crippen LogP contribution < -0.4 is 5.73 Å². The highest BCUT2D eigenvalue weighted by Gasteiger charge is 2.10. The van der Waals surface area contributed by atoms with Crippen LogP contribution in [0.15, 0.2) is 18.2 Å². The van der Waals surface area contributed by atoms with Crippen LogP contribution in [0.1, 0.15) is 34.5 Å². The molecule has 0 unspecified atom stereocenters. The number of rotatable bonds is 5. The maximum absolute atomic E-state index is 13.1. The highest BCUT2D eigenvalue weighted by molar-refractivity contribution is 7.11. The van der Waals surface area contributed by atoms with E-state index in [-0.39, 0.29) is 0 Å². The Labute approximate surface area is 115 Å². The molecule has 0 fully saturated rings. The van der Waals surface area contributed by atoms with Crippen LogP contribution in [-0.4, -0.2) is 4.98 Å². The van der Waals surface area contributed by atoms with Crippen LogP contribution in [0.5, 0.6) is 0 Å². The summed E-state index contributed by atoms with van der Waals surface area (Å²) in [4.78, 5) is 5.58. The van der Waals surface area contributed by atoms with Crippen molar-refractivity contribution in [3.8, 4) is 0 Å². The first-order valence-corrected chi connectivity index (χ1v) is 7.06. The molecule has 0 aliphatic rings. The summed E-state index contributed by atoms with van der Waals surface area (Å²) in [6.45, 7) is 2.55. The number of hydrogen-bond acceptors (Lipinski definition) is 3. The van der Waals surface area contributed by atoms with Crippen molar-refractivity contribution in [1.29, 1.82) is 0 Å². The van der Waals surface area contributed by atoms with Crippen LogP contribution in [0.2, 0.25) is 0 Å². The highest BCUT2D eigenvalue weighted by Crippen LogP contribution is 2.22. The molecule has 0 saturated heterocycles. The van der Waals surface area contributed by atoms with E-state index in [2.05, 4.69) is 11.9 Å². The lowest BCUT2D eigenvalue weighted by Crippen LogP contribution is -1.98. The third-order valence-electron chi connectivity index (χ3n) is 2.77. The van der Waals surface area contributed by atoms with Gasteiger partial charge in [0.25, 0.3) is 0 Å². The van der Waals surface area contributed by atoms with Crippen LogP contribution in [0, 0.1) is 11.6 Å². The Balaban J connectivity index is 2.22. The number of aromatic nitrogens is 1. The van der Waals surface area contributed by atoms with Gasteiger partial charge < -0.3 is 5.73 Å². The zero-order valence-electron chi connectivity index (χ0n) is 10.7. The summed E-state index contributed by atoms with van der Waals surface area (Å²) in [5, 5.41) is 0.855. The lowest BCUT2D eigenvalue weighted by molar-refractivity contribution is 0.580. The van der Waals surface area contributed by atoms with E-state index in [9.17, 15) is 8.78 Å². The molecule has 0 amide bonds. The molecule has 2 rings (SSSR count). The minimum absolute atomic E-state index is 0.441.